The fourth-order valence-electron chi connectivity index (χ4n) is 2.66. The molecule has 1 heterocycles. The van der Waals surface area contributed by atoms with Gasteiger partial charge in [-0.2, -0.15) is 0 Å². The van der Waals surface area contributed by atoms with Crippen molar-refractivity contribution in [3.05, 3.63) is 0 Å². The van der Waals surface area contributed by atoms with Crippen molar-refractivity contribution < 1.29 is 9.53 Å². The van der Waals surface area contributed by atoms with Crippen LogP contribution >= 0.6 is 0 Å². The number of carbonyl (C=O) groups is 1. The number of carbonyl (C=O) groups excluding carboxylic acids is 1. The van der Waals surface area contributed by atoms with Crippen LogP contribution in [-0.2, 0) is 9.53 Å². The first-order valence-electron chi connectivity index (χ1n) is 7.69. The Morgan fingerprint density at radius 3 is 2.79 bits per heavy atom. The van der Waals surface area contributed by atoms with E-state index in [0.717, 1.165) is 45.3 Å². The van der Waals surface area contributed by atoms with E-state index in [1.165, 1.54) is 0 Å². The normalized spacial score (nSPS) is 26.1. The predicted molar refractivity (Wildman–Crippen MR) is 77.8 cm³/mol. The summed E-state index contributed by atoms with van der Waals surface area (Å²) in [5, 5.41) is 3.08. The molecule has 0 radical (unpaired) electrons. The Bertz CT molecular complexity index is 269. The van der Waals surface area contributed by atoms with Gasteiger partial charge in [0.25, 0.3) is 0 Å². The minimum absolute atomic E-state index is 0.0844. The molecule has 1 saturated heterocycles. The number of amides is 1. The summed E-state index contributed by atoms with van der Waals surface area (Å²) in [7, 11) is 0. The number of nitrogens with one attached hydrogen (secondary N) is 1. The Hall–Kier alpha value is -0.610. The first-order chi connectivity index (χ1) is 9.04. The topological polar surface area (TPSA) is 64.3 Å². The molecule has 0 spiro atoms. The summed E-state index contributed by atoms with van der Waals surface area (Å²) in [6.07, 6.45) is 5.37. The third-order valence-electron chi connectivity index (χ3n) is 4.03. The van der Waals surface area contributed by atoms with Crippen molar-refractivity contribution in [2.75, 3.05) is 13.2 Å². The molecule has 4 heteroatoms. The lowest BCUT2D eigenvalue weighted by atomic mass is 9.98. The molecule has 4 nitrogen and oxygen atoms in total. The van der Waals surface area contributed by atoms with Crippen molar-refractivity contribution in [2.45, 2.75) is 65.0 Å². The molecule has 0 aliphatic carbocycles. The molecule has 0 aromatic heterocycles. The molecule has 0 bridgehead atoms. The van der Waals surface area contributed by atoms with Gasteiger partial charge < -0.3 is 15.8 Å². The third-order valence-corrected chi connectivity index (χ3v) is 4.03. The van der Waals surface area contributed by atoms with Gasteiger partial charge in [0.2, 0.25) is 5.91 Å². The molecule has 4 atom stereocenters. The fourth-order valence-corrected chi connectivity index (χ4v) is 2.66. The highest BCUT2D eigenvalue weighted by Crippen LogP contribution is 2.22. The maximum Gasteiger partial charge on any atom is 0.222 e. The molecular formula is C15H30N2O2. The molecule has 19 heavy (non-hydrogen) atoms. The molecule has 3 N–H and O–H groups in total. The standard InChI is InChI=1S/C15H30N2O2/c1-4-14-13(8-9-19-14)10-17-15(18)11(2)6-5-7-12(3)16/h11-14H,4-10,16H2,1-3H3,(H,17,18). The summed E-state index contributed by atoms with van der Waals surface area (Å²) >= 11 is 0. The van der Waals surface area contributed by atoms with Crippen molar-refractivity contribution in [3.8, 4) is 0 Å². The van der Waals surface area contributed by atoms with Gasteiger partial charge in [-0.15, -0.1) is 0 Å². The maximum absolute atomic E-state index is 12.0. The summed E-state index contributed by atoms with van der Waals surface area (Å²) in [6, 6.07) is 0.233. The van der Waals surface area contributed by atoms with E-state index in [0.29, 0.717) is 12.0 Å². The number of hydrogen-bond acceptors (Lipinski definition) is 3. The van der Waals surface area contributed by atoms with E-state index in [9.17, 15) is 4.79 Å². The van der Waals surface area contributed by atoms with E-state index < -0.39 is 0 Å². The Labute approximate surface area is 117 Å². The highest BCUT2D eigenvalue weighted by Gasteiger charge is 2.27. The second-order valence-corrected chi connectivity index (χ2v) is 5.92. The Kier molecular flexibility index (Phi) is 7.39. The van der Waals surface area contributed by atoms with Gasteiger partial charge in [0.05, 0.1) is 6.10 Å². The number of hydrogen-bond donors (Lipinski definition) is 2. The van der Waals surface area contributed by atoms with Crippen molar-refractivity contribution in [2.24, 2.45) is 17.6 Å². The molecule has 0 aromatic carbocycles. The molecule has 0 aromatic rings. The molecule has 1 amide bonds. The lowest BCUT2D eigenvalue weighted by Gasteiger charge is -2.19. The zero-order valence-electron chi connectivity index (χ0n) is 12.7. The summed E-state index contributed by atoms with van der Waals surface area (Å²) in [6.45, 7) is 7.74. The zero-order chi connectivity index (χ0) is 14.3. The van der Waals surface area contributed by atoms with Crippen molar-refractivity contribution in [1.82, 2.24) is 5.32 Å². The molecule has 4 unspecified atom stereocenters. The fraction of sp³-hybridized carbons (Fsp3) is 0.933. The quantitative estimate of drug-likeness (QED) is 0.709. The molecule has 1 rings (SSSR count). The minimum atomic E-state index is 0.0844. The van der Waals surface area contributed by atoms with E-state index in [2.05, 4.69) is 12.2 Å². The molecular weight excluding hydrogens is 240 g/mol. The van der Waals surface area contributed by atoms with Gasteiger partial charge in [-0.1, -0.05) is 20.3 Å². The molecule has 1 aliphatic rings. The van der Waals surface area contributed by atoms with Gasteiger partial charge in [0, 0.05) is 31.0 Å². The second kappa shape index (κ2) is 8.54. The summed E-state index contributed by atoms with van der Waals surface area (Å²) in [4.78, 5) is 12.0. The van der Waals surface area contributed by atoms with Crippen LogP contribution < -0.4 is 11.1 Å². The van der Waals surface area contributed by atoms with Gasteiger partial charge in [0.15, 0.2) is 0 Å². The van der Waals surface area contributed by atoms with Crippen LogP contribution in [0.5, 0.6) is 0 Å². The van der Waals surface area contributed by atoms with E-state index >= 15 is 0 Å². The second-order valence-electron chi connectivity index (χ2n) is 5.92. The van der Waals surface area contributed by atoms with Crippen LogP contribution in [0.1, 0.15) is 52.9 Å². The third kappa shape index (κ3) is 5.91. The van der Waals surface area contributed by atoms with Crippen LogP contribution in [0.3, 0.4) is 0 Å². The minimum Gasteiger partial charge on any atom is -0.378 e. The lowest BCUT2D eigenvalue weighted by Crippen LogP contribution is -2.35. The number of rotatable bonds is 8. The molecule has 0 saturated carbocycles. The van der Waals surface area contributed by atoms with Crippen molar-refractivity contribution in [1.29, 1.82) is 0 Å². The first kappa shape index (κ1) is 16.4. The van der Waals surface area contributed by atoms with Gasteiger partial charge in [-0.05, 0) is 32.6 Å². The SMILES string of the molecule is CCC1OCCC1CNC(=O)C(C)CCCC(C)N. The van der Waals surface area contributed by atoms with Crippen LogP contribution in [-0.4, -0.2) is 31.2 Å². The molecule has 112 valence electrons. The smallest absolute Gasteiger partial charge is 0.222 e. The molecule has 1 fully saturated rings. The highest BCUT2D eigenvalue weighted by atomic mass is 16.5. The van der Waals surface area contributed by atoms with Crippen LogP contribution in [0.25, 0.3) is 0 Å². The van der Waals surface area contributed by atoms with Crippen LogP contribution in [0.2, 0.25) is 0 Å². The monoisotopic (exact) mass is 270 g/mol. The maximum atomic E-state index is 12.0. The van der Waals surface area contributed by atoms with E-state index in [1.807, 2.05) is 13.8 Å². The van der Waals surface area contributed by atoms with E-state index in [4.69, 9.17) is 10.5 Å². The predicted octanol–water partition coefficient (Wildman–Crippen LogP) is 2.07. The van der Waals surface area contributed by atoms with E-state index in [-0.39, 0.29) is 17.9 Å². The van der Waals surface area contributed by atoms with Gasteiger partial charge in [-0.3, -0.25) is 4.79 Å². The number of ether oxygens (including phenoxy) is 1. The summed E-state index contributed by atoms with van der Waals surface area (Å²) in [5.41, 5.74) is 5.71. The summed E-state index contributed by atoms with van der Waals surface area (Å²) in [5.74, 6) is 0.748. The lowest BCUT2D eigenvalue weighted by molar-refractivity contribution is -0.125. The number of nitrogens with two attached hydrogens (primary N) is 1. The first-order valence-corrected chi connectivity index (χ1v) is 7.69. The van der Waals surface area contributed by atoms with Crippen LogP contribution in [0, 0.1) is 11.8 Å². The van der Waals surface area contributed by atoms with Gasteiger partial charge >= 0.3 is 0 Å². The Balaban J connectivity index is 2.19. The highest BCUT2D eigenvalue weighted by molar-refractivity contribution is 5.78. The van der Waals surface area contributed by atoms with Crippen LogP contribution in [0.4, 0.5) is 0 Å². The van der Waals surface area contributed by atoms with Crippen LogP contribution in [0.15, 0.2) is 0 Å². The summed E-state index contributed by atoms with van der Waals surface area (Å²) < 4.78 is 5.63. The van der Waals surface area contributed by atoms with Crippen molar-refractivity contribution in [3.63, 3.8) is 0 Å². The van der Waals surface area contributed by atoms with Gasteiger partial charge in [-0.25, -0.2) is 0 Å². The average Bonchev–Trinajstić information content (AvgIpc) is 2.82. The average molecular weight is 270 g/mol. The van der Waals surface area contributed by atoms with E-state index in [1.54, 1.807) is 0 Å². The molecule has 1 aliphatic heterocycles. The van der Waals surface area contributed by atoms with Crippen molar-refractivity contribution >= 4 is 5.91 Å². The Morgan fingerprint density at radius 1 is 1.42 bits per heavy atom. The zero-order valence-corrected chi connectivity index (χ0v) is 12.7. The van der Waals surface area contributed by atoms with Gasteiger partial charge in [0.1, 0.15) is 0 Å². The Morgan fingerprint density at radius 2 is 2.16 bits per heavy atom. The largest absolute Gasteiger partial charge is 0.378 e.